The van der Waals surface area contributed by atoms with Crippen LogP contribution in [0.3, 0.4) is 0 Å². The fraction of sp³-hybridized carbons (Fsp3) is 0.562. The summed E-state index contributed by atoms with van der Waals surface area (Å²) in [4.78, 5) is 11.8. The summed E-state index contributed by atoms with van der Waals surface area (Å²) in [6.07, 6.45) is 1.36. The number of aliphatic hydroxyl groups is 2. The minimum atomic E-state index is -0.922. The number of benzene rings is 1. The summed E-state index contributed by atoms with van der Waals surface area (Å²) in [6.45, 7) is 3.73. The van der Waals surface area contributed by atoms with Gasteiger partial charge in [0.15, 0.2) is 0 Å². The molecule has 3 N–H and O–H groups in total. The van der Waals surface area contributed by atoms with Crippen LogP contribution in [0.4, 0.5) is 0 Å². The van der Waals surface area contributed by atoms with Crippen molar-refractivity contribution in [3.8, 4) is 5.75 Å². The van der Waals surface area contributed by atoms with Crippen molar-refractivity contribution < 1.29 is 19.7 Å². The SMILES string of the molecule is CCC(CO)(CO)NC(=O)CCCOc1ccc(C)cc1. The second-order valence-corrected chi connectivity index (χ2v) is 5.26. The molecule has 0 radical (unpaired) electrons. The molecule has 0 bridgehead atoms. The van der Waals surface area contributed by atoms with Gasteiger partial charge in [-0.1, -0.05) is 24.6 Å². The highest BCUT2D eigenvalue weighted by molar-refractivity contribution is 5.76. The molecule has 0 aliphatic rings. The maximum Gasteiger partial charge on any atom is 0.220 e. The average molecular weight is 295 g/mol. The molecule has 5 heteroatoms. The first-order valence-corrected chi connectivity index (χ1v) is 7.27. The third kappa shape index (κ3) is 5.73. The molecule has 1 aromatic carbocycles. The molecule has 0 aliphatic heterocycles. The van der Waals surface area contributed by atoms with Gasteiger partial charge in [-0.25, -0.2) is 0 Å². The molecule has 1 rings (SSSR count). The van der Waals surface area contributed by atoms with E-state index in [2.05, 4.69) is 5.32 Å². The Morgan fingerprint density at radius 3 is 2.38 bits per heavy atom. The van der Waals surface area contributed by atoms with Gasteiger partial charge < -0.3 is 20.3 Å². The van der Waals surface area contributed by atoms with Gasteiger partial charge in [0.1, 0.15) is 5.75 Å². The summed E-state index contributed by atoms with van der Waals surface area (Å²) in [5.74, 6) is 0.599. The first-order chi connectivity index (χ1) is 10.0. The normalized spacial score (nSPS) is 11.2. The highest BCUT2D eigenvalue weighted by Crippen LogP contribution is 2.12. The van der Waals surface area contributed by atoms with E-state index < -0.39 is 5.54 Å². The van der Waals surface area contributed by atoms with E-state index in [4.69, 9.17) is 4.74 Å². The molecule has 0 aliphatic carbocycles. The fourth-order valence-corrected chi connectivity index (χ4v) is 1.86. The number of nitrogens with one attached hydrogen (secondary N) is 1. The van der Waals surface area contributed by atoms with E-state index in [1.54, 1.807) is 0 Å². The first kappa shape index (κ1) is 17.5. The van der Waals surface area contributed by atoms with Crippen molar-refractivity contribution in [3.63, 3.8) is 0 Å². The molecular formula is C16H25NO4. The smallest absolute Gasteiger partial charge is 0.220 e. The number of aryl methyl sites for hydroxylation is 1. The summed E-state index contributed by atoms with van der Waals surface area (Å²) in [6, 6.07) is 7.74. The summed E-state index contributed by atoms with van der Waals surface area (Å²) in [7, 11) is 0. The highest BCUT2D eigenvalue weighted by Gasteiger charge is 2.28. The highest BCUT2D eigenvalue weighted by atomic mass is 16.5. The fourth-order valence-electron chi connectivity index (χ4n) is 1.86. The maximum absolute atomic E-state index is 11.8. The number of rotatable bonds is 9. The summed E-state index contributed by atoms with van der Waals surface area (Å²) in [5, 5.41) is 21.2. The van der Waals surface area contributed by atoms with Gasteiger partial charge >= 0.3 is 0 Å². The Bertz CT molecular complexity index is 418. The number of hydrogen-bond acceptors (Lipinski definition) is 4. The second-order valence-electron chi connectivity index (χ2n) is 5.26. The van der Waals surface area contributed by atoms with Crippen LogP contribution in [0, 0.1) is 6.92 Å². The van der Waals surface area contributed by atoms with Crippen LogP contribution >= 0.6 is 0 Å². The Morgan fingerprint density at radius 2 is 1.86 bits per heavy atom. The lowest BCUT2D eigenvalue weighted by Gasteiger charge is -2.29. The first-order valence-electron chi connectivity index (χ1n) is 7.27. The molecule has 0 atom stereocenters. The van der Waals surface area contributed by atoms with Crippen LogP contribution in [0.2, 0.25) is 0 Å². The van der Waals surface area contributed by atoms with Crippen molar-refractivity contribution in [2.45, 2.75) is 38.6 Å². The van der Waals surface area contributed by atoms with Crippen molar-refractivity contribution in [1.82, 2.24) is 5.32 Å². The van der Waals surface area contributed by atoms with Gasteiger partial charge in [0.2, 0.25) is 5.91 Å². The van der Waals surface area contributed by atoms with Gasteiger partial charge in [-0.2, -0.15) is 0 Å². The summed E-state index contributed by atoms with van der Waals surface area (Å²) < 4.78 is 5.54. The Morgan fingerprint density at radius 1 is 1.24 bits per heavy atom. The van der Waals surface area contributed by atoms with Crippen LogP contribution < -0.4 is 10.1 Å². The van der Waals surface area contributed by atoms with Crippen LogP contribution in [0.1, 0.15) is 31.7 Å². The molecule has 21 heavy (non-hydrogen) atoms. The molecule has 1 amide bonds. The lowest BCUT2D eigenvalue weighted by atomic mass is 9.98. The van der Waals surface area contributed by atoms with Gasteiger partial charge in [0.05, 0.1) is 25.4 Å². The van der Waals surface area contributed by atoms with E-state index in [1.165, 1.54) is 5.56 Å². The number of aliphatic hydroxyl groups excluding tert-OH is 2. The Hall–Kier alpha value is -1.59. The van der Waals surface area contributed by atoms with Crippen molar-refractivity contribution in [1.29, 1.82) is 0 Å². The van der Waals surface area contributed by atoms with Crippen LogP contribution in [0.25, 0.3) is 0 Å². The van der Waals surface area contributed by atoms with Crippen LogP contribution in [-0.2, 0) is 4.79 Å². The van der Waals surface area contributed by atoms with Crippen LogP contribution in [-0.4, -0.2) is 41.5 Å². The number of amides is 1. The molecule has 118 valence electrons. The van der Waals surface area contributed by atoms with Crippen molar-refractivity contribution in [2.24, 2.45) is 0 Å². The third-order valence-electron chi connectivity index (χ3n) is 3.52. The molecule has 0 unspecified atom stereocenters. The lowest BCUT2D eigenvalue weighted by Crippen LogP contribution is -2.53. The van der Waals surface area contributed by atoms with Gasteiger partial charge in [0.25, 0.3) is 0 Å². The molecule has 0 spiro atoms. The monoisotopic (exact) mass is 295 g/mol. The molecule has 0 saturated carbocycles. The quantitative estimate of drug-likeness (QED) is 0.602. The molecule has 1 aromatic rings. The minimum absolute atomic E-state index is 0.188. The van der Waals surface area contributed by atoms with E-state index >= 15 is 0 Å². The Labute approximate surface area is 125 Å². The summed E-state index contributed by atoms with van der Waals surface area (Å²) in [5.41, 5.74) is 0.250. The Balaban J connectivity index is 2.28. The molecule has 0 aromatic heterocycles. The predicted octanol–water partition coefficient (Wildman–Crippen LogP) is 1.40. The number of hydrogen-bond donors (Lipinski definition) is 3. The standard InChI is InChI=1S/C16H25NO4/c1-3-16(11-18,12-19)17-15(20)5-4-10-21-14-8-6-13(2)7-9-14/h6-9,18-19H,3-5,10-12H2,1-2H3,(H,17,20). The van der Waals surface area contributed by atoms with Gasteiger partial charge in [-0.3, -0.25) is 4.79 Å². The van der Waals surface area contributed by atoms with E-state index in [1.807, 2.05) is 38.1 Å². The molecular weight excluding hydrogens is 270 g/mol. The Kier molecular flexibility index (Phi) is 7.19. The van der Waals surface area contributed by atoms with E-state index in [9.17, 15) is 15.0 Å². The predicted molar refractivity (Wildman–Crippen MR) is 81.2 cm³/mol. The number of ether oxygens (including phenoxy) is 1. The van der Waals surface area contributed by atoms with E-state index in [0.29, 0.717) is 25.9 Å². The number of carbonyl (C=O) groups is 1. The van der Waals surface area contributed by atoms with Crippen molar-refractivity contribution >= 4 is 5.91 Å². The third-order valence-corrected chi connectivity index (χ3v) is 3.52. The average Bonchev–Trinajstić information content (AvgIpc) is 2.51. The van der Waals surface area contributed by atoms with Crippen LogP contribution in [0.15, 0.2) is 24.3 Å². The van der Waals surface area contributed by atoms with Crippen molar-refractivity contribution in [2.75, 3.05) is 19.8 Å². The van der Waals surface area contributed by atoms with Crippen molar-refractivity contribution in [3.05, 3.63) is 29.8 Å². The van der Waals surface area contributed by atoms with Gasteiger partial charge in [0, 0.05) is 6.42 Å². The van der Waals surface area contributed by atoms with E-state index in [-0.39, 0.29) is 19.1 Å². The second kappa shape index (κ2) is 8.64. The zero-order chi connectivity index (χ0) is 15.7. The lowest BCUT2D eigenvalue weighted by molar-refractivity contribution is -0.124. The maximum atomic E-state index is 11.8. The molecule has 5 nitrogen and oxygen atoms in total. The van der Waals surface area contributed by atoms with Gasteiger partial charge in [-0.15, -0.1) is 0 Å². The number of carbonyl (C=O) groups excluding carboxylic acids is 1. The van der Waals surface area contributed by atoms with Gasteiger partial charge in [-0.05, 0) is 31.9 Å². The van der Waals surface area contributed by atoms with Crippen LogP contribution in [0.5, 0.6) is 5.75 Å². The molecule has 0 heterocycles. The largest absolute Gasteiger partial charge is 0.494 e. The topological polar surface area (TPSA) is 78.8 Å². The summed E-state index contributed by atoms with van der Waals surface area (Å²) >= 11 is 0. The van der Waals surface area contributed by atoms with E-state index in [0.717, 1.165) is 5.75 Å². The molecule has 0 fully saturated rings. The zero-order valence-corrected chi connectivity index (χ0v) is 12.8. The zero-order valence-electron chi connectivity index (χ0n) is 12.8. The minimum Gasteiger partial charge on any atom is -0.494 e. The molecule has 0 saturated heterocycles.